The molecule has 0 N–H and O–H groups in total. The van der Waals surface area contributed by atoms with Crippen LogP contribution in [0.5, 0.6) is 0 Å². The minimum Gasteiger partial charge on any atom is -0.286 e. The Kier molecular flexibility index (Phi) is 1.73. The van der Waals surface area contributed by atoms with E-state index >= 15 is 0 Å². The van der Waals surface area contributed by atoms with Gasteiger partial charge in [0, 0.05) is 23.7 Å². The van der Waals surface area contributed by atoms with Crippen LogP contribution in [0.15, 0.2) is 18.3 Å². The fourth-order valence-electron chi connectivity index (χ4n) is 1.16. The first-order valence-corrected chi connectivity index (χ1v) is 4.18. The lowest BCUT2D eigenvalue weighted by atomic mass is 10.4. The van der Waals surface area contributed by atoms with Crippen molar-refractivity contribution in [2.24, 2.45) is 0 Å². The van der Waals surface area contributed by atoms with E-state index in [1.165, 1.54) is 0 Å². The summed E-state index contributed by atoms with van der Waals surface area (Å²) >= 11 is 5.79. The van der Waals surface area contributed by atoms with Crippen molar-refractivity contribution in [3.8, 4) is 0 Å². The molecule has 0 unspecified atom stereocenters. The first-order chi connectivity index (χ1) is 5.81. The molecule has 12 heavy (non-hydrogen) atoms. The molecule has 0 aromatic carbocycles. The highest BCUT2D eigenvalue weighted by molar-refractivity contribution is 6.30. The highest BCUT2D eigenvalue weighted by Gasteiger charge is 2.01. The lowest BCUT2D eigenvalue weighted by Gasteiger charge is -1.94. The van der Waals surface area contributed by atoms with Gasteiger partial charge in [-0.1, -0.05) is 18.5 Å². The van der Waals surface area contributed by atoms with Crippen LogP contribution in [0.4, 0.5) is 0 Å². The molecule has 0 amide bonds. The Bertz CT molecular complexity index is 408. The monoisotopic (exact) mass is 181 g/mol. The van der Waals surface area contributed by atoms with Crippen LogP contribution in [0, 0.1) is 0 Å². The molecule has 0 aliphatic heterocycles. The number of aromatic nitrogens is 3. The van der Waals surface area contributed by atoms with Gasteiger partial charge in [0.2, 0.25) is 0 Å². The van der Waals surface area contributed by atoms with Gasteiger partial charge in [-0.2, -0.15) is 0 Å². The molecule has 2 aromatic rings. The molecule has 0 saturated carbocycles. The van der Waals surface area contributed by atoms with Gasteiger partial charge >= 0.3 is 0 Å². The van der Waals surface area contributed by atoms with Gasteiger partial charge in [0.05, 0.1) is 0 Å². The van der Waals surface area contributed by atoms with E-state index in [0.29, 0.717) is 5.02 Å². The first-order valence-electron chi connectivity index (χ1n) is 3.80. The quantitative estimate of drug-likeness (QED) is 0.673. The first kappa shape index (κ1) is 7.55. The average molecular weight is 182 g/mol. The van der Waals surface area contributed by atoms with Crippen molar-refractivity contribution in [3.63, 3.8) is 0 Å². The third kappa shape index (κ3) is 1.06. The van der Waals surface area contributed by atoms with E-state index in [0.717, 1.165) is 17.9 Å². The van der Waals surface area contributed by atoms with E-state index in [-0.39, 0.29) is 0 Å². The molecule has 4 heteroatoms. The van der Waals surface area contributed by atoms with Crippen molar-refractivity contribution in [2.45, 2.75) is 13.3 Å². The Balaban J connectivity index is 2.73. The topological polar surface area (TPSA) is 30.2 Å². The lowest BCUT2D eigenvalue weighted by Crippen LogP contribution is -1.90. The molecule has 2 aromatic heterocycles. The summed E-state index contributed by atoms with van der Waals surface area (Å²) in [5.74, 6) is 0.960. The highest BCUT2D eigenvalue weighted by atomic mass is 35.5. The van der Waals surface area contributed by atoms with Gasteiger partial charge in [-0.25, -0.2) is 0 Å². The predicted octanol–water partition coefficient (Wildman–Crippen LogP) is 1.95. The smallest absolute Gasteiger partial charge is 0.162 e. The number of rotatable bonds is 1. The number of nitrogens with zero attached hydrogens (tertiary/aromatic N) is 3. The second-order valence-corrected chi connectivity index (χ2v) is 2.98. The van der Waals surface area contributed by atoms with Crippen molar-refractivity contribution >= 4 is 17.2 Å². The number of hydrogen-bond donors (Lipinski definition) is 0. The van der Waals surface area contributed by atoms with E-state index in [2.05, 4.69) is 10.2 Å². The number of aryl methyl sites for hydroxylation is 1. The summed E-state index contributed by atoms with van der Waals surface area (Å²) in [4.78, 5) is 0. The average Bonchev–Trinajstić information content (AvgIpc) is 2.46. The number of pyridine rings is 1. The van der Waals surface area contributed by atoms with Gasteiger partial charge in [0.1, 0.15) is 5.82 Å². The third-order valence-electron chi connectivity index (χ3n) is 1.76. The SMILES string of the molecule is CCc1nnc2cc(Cl)ccn12. The molecule has 0 spiro atoms. The van der Waals surface area contributed by atoms with Crippen LogP contribution in [0.2, 0.25) is 5.02 Å². The van der Waals surface area contributed by atoms with Gasteiger partial charge in [-0.15, -0.1) is 10.2 Å². The molecule has 0 radical (unpaired) electrons. The molecule has 2 rings (SSSR count). The Labute approximate surface area is 75.0 Å². The van der Waals surface area contributed by atoms with Gasteiger partial charge < -0.3 is 0 Å². The minimum absolute atomic E-state index is 0.692. The summed E-state index contributed by atoms with van der Waals surface area (Å²) in [6.07, 6.45) is 2.76. The molecule has 0 saturated heterocycles. The number of hydrogen-bond acceptors (Lipinski definition) is 2. The summed E-state index contributed by atoms with van der Waals surface area (Å²) in [6.45, 7) is 2.05. The Morgan fingerprint density at radius 2 is 2.33 bits per heavy atom. The van der Waals surface area contributed by atoms with Crippen LogP contribution in [-0.4, -0.2) is 14.6 Å². The summed E-state index contributed by atoms with van der Waals surface area (Å²) in [6, 6.07) is 3.63. The summed E-state index contributed by atoms with van der Waals surface area (Å²) in [7, 11) is 0. The Hall–Kier alpha value is -1.09. The maximum atomic E-state index is 5.79. The molecule has 2 heterocycles. The number of fused-ring (bicyclic) bond motifs is 1. The molecule has 0 aliphatic rings. The minimum atomic E-state index is 0.692. The fourth-order valence-corrected chi connectivity index (χ4v) is 1.31. The van der Waals surface area contributed by atoms with Gasteiger partial charge in [0.25, 0.3) is 0 Å². The molecule has 0 bridgehead atoms. The molecule has 0 aliphatic carbocycles. The van der Waals surface area contributed by atoms with Crippen LogP contribution in [-0.2, 0) is 6.42 Å². The highest BCUT2D eigenvalue weighted by Crippen LogP contribution is 2.11. The molecule has 3 nitrogen and oxygen atoms in total. The molecular weight excluding hydrogens is 174 g/mol. The van der Waals surface area contributed by atoms with Crippen molar-refractivity contribution in [1.29, 1.82) is 0 Å². The summed E-state index contributed by atoms with van der Waals surface area (Å²) in [5, 5.41) is 8.68. The maximum absolute atomic E-state index is 5.79. The fraction of sp³-hybridized carbons (Fsp3) is 0.250. The second kappa shape index (κ2) is 2.75. The van der Waals surface area contributed by atoms with E-state index in [4.69, 9.17) is 11.6 Å². The van der Waals surface area contributed by atoms with Crippen molar-refractivity contribution < 1.29 is 0 Å². The zero-order valence-corrected chi connectivity index (χ0v) is 7.41. The van der Waals surface area contributed by atoms with Crippen molar-refractivity contribution in [3.05, 3.63) is 29.2 Å². The lowest BCUT2D eigenvalue weighted by molar-refractivity contribution is 0.909. The Morgan fingerprint density at radius 3 is 3.08 bits per heavy atom. The van der Waals surface area contributed by atoms with Gasteiger partial charge in [-0.3, -0.25) is 4.40 Å². The zero-order chi connectivity index (χ0) is 8.55. The molecule has 62 valence electrons. The molecule has 0 atom stereocenters. The Morgan fingerprint density at radius 1 is 1.50 bits per heavy atom. The van der Waals surface area contributed by atoms with Crippen LogP contribution in [0.1, 0.15) is 12.7 Å². The standard InChI is InChI=1S/C8H8ClN3/c1-2-7-10-11-8-5-6(9)3-4-12(7)8/h3-5H,2H2,1H3. The van der Waals surface area contributed by atoms with Crippen LogP contribution >= 0.6 is 11.6 Å². The maximum Gasteiger partial charge on any atom is 0.162 e. The molecular formula is C8H8ClN3. The van der Waals surface area contributed by atoms with E-state index in [9.17, 15) is 0 Å². The van der Waals surface area contributed by atoms with E-state index in [1.807, 2.05) is 23.6 Å². The number of halogens is 1. The van der Waals surface area contributed by atoms with E-state index in [1.54, 1.807) is 6.07 Å². The van der Waals surface area contributed by atoms with Crippen LogP contribution in [0.3, 0.4) is 0 Å². The summed E-state index contributed by atoms with van der Waals surface area (Å²) < 4.78 is 1.94. The van der Waals surface area contributed by atoms with Crippen LogP contribution < -0.4 is 0 Å². The molecule has 0 fully saturated rings. The van der Waals surface area contributed by atoms with Crippen molar-refractivity contribution in [1.82, 2.24) is 14.6 Å². The van der Waals surface area contributed by atoms with E-state index < -0.39 is 0 Å². The van der Waals surface area contributed by atoms with Crippen molar-refractivity contribution in [2.75, 3.05) is 0 Å². The second-order valence-electron chi connectivity index (χ2n) is 2.54. The van der Waals surface area contributed by atoms with Crippen LogP contribution in [0.25, 0.3) is 5.65 Å². The largest absolute Gasteiger partial charge is 0.286 e. The normalized spacial score (nSPS) is 10.8. The van der Waals surface area contributed by atoms with Gasteiger partial charge in [0.15, 0.2) is 5.65 Å². The zero-order valence-electron chi connectivity index (χ0n) is 6.66. The third-order valence-corrected chi connectivity index (χ3v) is 1.99. The van der Waals surface area contributed by atoms with Gasteiger partial charge in [-0.05, 0) is 6.07 Å². The summed E-state index contributed by atoms with van der Waals surface area (Å²) in [5.41, 5.74) is 0.805. The predicted molar refractivity (Wildman–Crippen MR) is 47.4 cm³/mol.